The van der Waals surface area contributed by atoms with Gasteiger partial charge in [0.2, 0.25) is 0 Å². The maximum absolute atomic E-state index is 10.7. The van der Waals surface area contributed by atoms with E-state index >= 15 is 0 Å². The van der Waals surface area contributed by atoms with Crippen LogP contribution in [0.25, 0.3) is 0 Å². The van der Waals surface area contributed by atoms with E-state index in [1.54, 1.807) is 0 Å². The van der Waals surface area contributed by atoms with E-state index in [4.69, 9.17) is 14.9 Å². The fourth-order valence-corrected chi connectivity index (χ4v) is 1.80. The van der Waals surface area contributed by atoms with Crippen LogP contribution in [0.2, 0.25) is 0 Å². The number of aliphatic hydroxyl groups is 2. The summed E-state index contributed by atoms with van der Waals surface area (Å²) in [6.07, 6.45) is -3.87. The lowest BCUT2D eigenvalue weighted by molar-refractivity contribution is -0.141. The van der Waals surface area contributed by atoms with Crippen molar-refractivity contribution < 1.29 is 34.8 Å². The molecule has 0 saturated heterocycles. The fraction of sp³-hybridized carbons (Fsp3) is 0.385. The third-order valence-corrected chi connectivity index (χ3v) is 2.72. The van der Waals surface area contributed by atoms with Gasteiger partial charge in [-0.15, -0.1) is 0 Å². The van der Waals surface area contributed by atoms with Gasteiger partial charge in [0.1, 0.15) is 11.9 Å². The quantitative estimate of drug-likeness (QED) is 0.563. The summed E-state index contributed by atoms with van der Waals surface area (Å²) in [6, 6.07) is 4.36. The Labute approximate surface area is 115 Å². The Morgan fingerprint density at radius 3 is 2.35 bits per heavy atom. The van der Waals surface area contributed by atoms with Crippen LogP contribution < -0.4 is 4.74 Å². The number of ether oxygens (including phenoxy) is 1. The molecule has 0 aliphatic rings. The number of aliphatic carboxylic acids is 2. The fourth-order valence-electron chi connectivity index (χ4n) is 1.80. The number of rotatable bonds is 7. The summed E-state index contributed by atoms with van der Waals surface area (Å²) in [5.41, 5.74) is 0.565. The smallest absolute Gasteiger partial charge is 0.307 e. The van der Waals surface area contributed by atoms with E-state index in [0.717, 1.165) is 0 Å². The monoisotopic (exact) mass is 284 g/mol. The van der Waals surface area contributed by atoms with Gasteiger partial charge in [0.05, 0.1) is 26.1 Å². The first-order valence-electron chi connectivity index (χ1n) is 5.81. The van der Waals surface area contributed by atoms with Crippen molar-refractivity contribution in [3.05, 3.63) is 29.3 Å². The van der Waals surface area contributed by atoms with Gasteiger partial charge in [-0.1, -0.05) is 6.07 Å². The maximum atomic E-state index is 10.7. The molecule has 0 aliphatic heterocycles. The number of hydrogen-bond acceptors (Lipinski definition) is 5. The standard InChI is InChI=1S/C13H16O7/c1-20-10-3-2-7(5-11(15)16)4-8(10)13(19)9(14)6-12(17)18/h2-4,9,13-14,19H,5-6H2,1H3,(H,15,16)(H,17,18). The summed E-state index contributed by atoms with van der Waals surface area (Å²) in [7, 11) is 1.35. The zero-order valence-corrected chi connectivity index (χ0v) is 10.8. The van der Waals surface area contributed by atoms with Crippen molar-refractivity contribution in [3.8, 4) is 5.75 Å². The number of carboxylic acid groups (broad SMARTS) is 2. The summed E-state index contributed by atoms with van der Waals surface area (Å²) >= 11 is 0. The van der Waals surface area contributed by atoms with E-state index in [0.29, 0.717) is 5.56 Å². The van der Waals surface area contributed by atoms with E-state index in [9.17, 15) is 19.8 Å². The first kappa shape index (κ1) is 15.9. The molecule has 0 heterocycles. The highest BCUT2D eigenvalue weighted by molar-refractivity contribution is 5.70. The van der Waals surface area contributed by atoms with Gasteiger partial charge in [-0.2, -0.15) is 0 Å². The first-order valence-corrected chi connectivity index (χ1v) is 5.81. The molecule has 0 spiro atoms. The maximum Gasteiger partial charge on any atom is 0.307 e. The lowest BCUT2D eigenvalue weighted by Gasteiger charge is -2.19. The van der Waals surface area contributed by atoms with Crippen molar-refractivity contribution in [2.75, 3.05) is 7.11 Å². The second kappa shape index (κ2) is 6.88. The lowest BCUT2D eigenvalue weighted by Crippen LogP contribution is -2.22. The molecule has 0 amide bonds. The van der Waals surface area contributed by atoms with Gasteiger partial charge >= 0.3 is 11.9 Å². The van der Waals surface area contributed by atoms with Crippen LogP contribution in [0.3, 0.4) is 0 Å². The van der Waals surface area contributed by atoms with Crippen LogP contribution in [0.4, 0.5) is 0 Å². The van der Waals surface area contributed by atoms with Crippen molar-refractivity contribution in [1.29, 1.82) is 0 Å². The highest BCUT2D eigenvalue weighted by Crippen LogP contribution is 2.29. The van der Waals surface area contributed by atoms with Gasteiger partial charge < -0.3 is 25.2 Å². The van der Waals surface area contributed by atoms with Gasteiger partial charge in [0, 0.05) is 5.56 Å². The van der Waals surface area contributed by atoms with Gasteiger partial charge in [0.25, 0.3) is 0 Å². The molecule has 1 rings (SSSR count). The van der Waals surface area contributed by atoms with E-state index in [1.807, 2.05) is 0 Å². The molecule has 0 aliphatic carbocycles. The number of benzene rings is 1. The molecule has 2 atom stereocenters. The van der Waals surface area contributed by atoms with Crippen molar-refractivity contribution in [1.82, 2.24) is 0 Å². The molecule has 7 nitrogen and oxygen atoms in total. The highest BCUT2D eigenvalue weighted by Gasteiger charge is 2.24. The SMILES string of the molecule is COc1ccc(CC(=O)O)cc1C(O)C(O)CC(=O)O. The van der Waals surface area contributed by atoms with E-state index in [-0.39, 0.29) is 17.7 Å². The number of aliphatic hydroxyl groups excluding tert-OH is 2. The zero-order valence-electron chi connectivity index (χ0n) is 10.8. The molecule has 0 fully saturated rings. The number of methoxy groups -OCH3 is 1. The van der Waals surface area contributed by atoms with Crippen LogP contribution in [0, 0.1) is 0 Å². The summed E-state index contributed by atoms with van der Waals surface area (Å²) in [5.74, 6) is -2.05. The Kier molecular flexibility index (Phi) is 5.48. The lowest BCUT2D eigenvalue weighted by atomic mass is 9.98. The third kappa shape index (κ3) is 4.22. The van der Waals surface area contributed by atoms with Crippen LogP contribution in [-0.4, -0.2) is 45.6 Å². The van der Waals surface area contributed by atoms with Crippen LogP contribution in [0.1, 0.15) is 23.7 Å². The molecule has 110 valence electrons. The van der Waals surface area contributed by atoms with Crippen LogP contribution in [0.15, 0.2) is 18.2 Å². The first-order chi connectivity index (χ1) is 9.35. The number of hydrogen-bond donors (Lipinski definition) is 4. The van der Waals surface area contributed by atoms with Crippen molar-refractivity contribution in [2.24, 2.45) is 0 Å². The Balaban J connectivity index is 3.05. The Bertz CT molecular complexity index is 497. The number of carbonyl (C=O) groups is 2. The zero-order chi connectivity index (χ0) is 15.3. The molecule has 0 radical (unpaired) electrons. The summed E-state index contributed by atoms with van der Waals surface area (Å²) in [4.78, 5) is 21.2. The topological polar surface area (TPSA) is 124 Å². The third-order valence-electron chi connectivity index (χ3n) is 2.72. The minimum Gasteiger partial charge on any atom is -0.496 e. The molecular formula is C13H16O7. The van der Waals surface area contributed by atoms with Crippen LogP contribution in [-0.2, 0) is 16.0 Å². The second-order valence-electron chi connectivity index (χ2n) is 4.26. The molecule has 1 aromatic rings. The molecule has 1 aromatic carbocycles. The molecule has 0 aromatic heterocycles. The van der Waals surface area contributed by atoms with E-state index < -0.39 is 30.6 Å². The molecule has 20 heavy (non-hydrogen) atoms. The van der Waals surface area contributed by atoms with E-state index in [1.165, 1.54) is 25.3 Å². The summed E-state index contributed by atoms with van der Waals surface area (Å²) < 4.78 is 5.02. The molecule has 4 N–H and O–H groups in total. The van der Waals surface area contributed by atoms with Crippen molar-refractivity contribution in [3.63, 3.8) is 0 Å². The van der Waals surface area contributed by atoms with Crippen LogP contribution in [0.5, 0.6) is 5.75 Å². The molecular weight excluding hydrogens is 268 g/mol. The Morgan fingerprint density at radius 2 is 1.85 bits per heavy atom. The van der Waals surface area contributed by atoms with Gasteiger partial charge in [-0.25, -0.2) is 0 Å². The Hall–Kier alpha value is -2.12. The predicted octanol–water partition coefficient (Wildman–Crippen LogP) is 0.191. The van der Waals surface area contributed by atoms with Crippen molar-refractivity contribution >= 4 is 11.9 Å². The predicted molar refractivity (Wildman–Crippen MR) is 67.6 cm³/mol. The van der Waals surface area contributed by atoms with E-state index in [2.05, 4.69) is 0 Å². The van der Waals surface area contributed by atoms with Gasteiger partial charge in [-0.3, -0.25) is 9.59 Å². The number of carboxylic acids is 2. The van der Waals surface area contributed by atoms with Crippen LogP contribution >= 0.6 is 0 Å². The molecule has 0 saturated carbocycles. The minimum atomic E-state index is -1.51. The summed E-state index contributed by atoms with van der Waals surface area (Å²) in [5, 5.41) is 36.9. The molecule has 2 unspecified atom stereocenters. The van der Waals surface area contributed by atoms with Crippen molar-refractivity contribution in [2.45, 2.75) is 25.0 Å². The second-order valence-corrected chi connectivity index (χ2v) is 4.26. The normalized spacial score (nSPS) is 13.6. The molecule has 0 bridgehead atoms. The molecule has 7 heteroatoms. The average Bonchev–Trinajstić information content (AvgIpc) is 2.36. The van der Waals surface area contributed by atoms with Gasteiger partial charge in [-0.05, 0) is 17.7 Å². The largest absolute Gasteiger partial charge is 0.496 e. The van der Waals surface area contributed by atoms with Gasteiger partial charge in [0.15, 0.2) is 0 Å². The highest BCUT2D eigenvalue weighted by atomic mass is 16.5. The average molecular weight is 284 g/mol. The summed E-state index contributed by atoms with van der Waals surface area (Å²) in [6.45, 7) is 0. The minimum absolute atomic E-state index is 0.153. The Morgan fingerprint density at radius 1 is 1.20 bits per heavy atom.